The van der Waals surface area contributed by atoms with Crippen LogP contribution in [0.4, 0.5) is 0 Å². The van der Waals surface area contributed by atoms with E-state index in [9.17, 15) is 5.21 Å². The van der Waals surface area contributed by atoms with Gasteiger partial charge in [0.05, 0.1) is 14.2 Å². The monoisotopic (exact) mass is 156 g/mol. The van der Waals surface area contributed by atoms with E-state index in [-0.39, 0.29) is 11.9 Å². The van der Waals surface area contributed by atoms with Crippen molar-refractivity contribution in [3.05, 3.63) is 23.6 Å². The molecule has 1 aromatic heterocycles. The Labute approximate surface area is 66.0 Å². The lowest BCUT2D eigenvalue weighted by Crippen LogP contribution is -2.24. The number of pyridine rings is 1. The van der Waals surface area contributed by atoms with Gasteiger partial charge in [-0.2, -0.15) is 4.73 Å². The Morgan fingerprint density at radius 2 is 2.09 bits per heavy atom. The number of ether oxygens (including phenoxy) is 2. The van der Waals surface area contributed by atoms with Crippen LogP contribution in [0.1, 0.15) is 1.37 Å². The summed E-state index contributed by atoms with van der Waals surface area (Å²) in [5.74, 6) is 0.532. The fourth-order valence-corrected chi connectivity index (χ4v) is 0.711. The molecule has 60 valence electrons. The summed E-state index contributed by atoms with van der Waals surface area (Å²) in [6.45, 7) is 0. The van der Waals surface area contributed by atoms with Gasteiger partial charge in [-0.25, -0.2) is 0 Å². The van der Waals surface area contributed by atoms with Crippen molar-refractivity contribution in [1.29, 1.82) is 0 Å². The Morgan fingerprint density at radius 1 is 1.45 bits per heavy atom. The number of aromatic nitrogens is 1. The van der Waals surface area contributed by atoms with Crippen molar-refractivity contribution in [2.75, 3.05) is 14.2 Å². The number of nitrogens with zero attached hydrogens (tertiary/aromatic N) is 1. The highest BCUT2D eigenvalue weighted by Gasteiger charge is 2.05. The Hall–Kier alpha value is -1.45. The van der Waals surface area contributed by atoms with Crippen molar-refractivity contribution in [2.24, 2.45) is 0 Å². The fourth-order valence-electron chi connectivity index (χ4n) is 0.711. The van der Waals surface area contributed by atoms with E-state index in [0.717, 1.165) is 0 Å². The van der Waals surface area contributed by atoms with Crippen LogP contribution in [0.5, 0.6) is 11.5 Å². The van der Waals surface area contributed by atoms with Crippen molar-refractivity contribution >= 4 is 0 Å². The molecular weight excluding hydrogens is 146 g/mol. The lowest BCUT2D eigenvalue weighted by molar-refractivity contribution is -0.605. The lowest BCUT2D eigenvalue weighted by Gasteiger charge is -2.04. The highest BCUT2D eigenvalue weighted by atomic mass is 16.5. The zero-order valence-corrected chi connectivity index (χ0v) is 6.33. The first-order valence-electron chi connectivity index (χ1n) is 3.51. The standard InChI is InChI=1S/C7H9NO3/c1-10-6-3-4-8(9)5-7(6)11-2/h3-5H,1-2H3/i5D. The molecule has 0 aromatic carbocycles. The summed E-state index contributed by atoms with van der Waals surface area (Å²) in [6, 6.07) is 1.45. The average Bonchev–Trinajstić information content (AvgIpc) is 2.09. The maximum absolute atomic E-state index is 10.9. The molecule has 0 saturated heterocycles. The molecule has 1 heterocycles. The first-order valence-corrected chi connectivity index (χ1v) is 3.01. The third-order valence-electron chi connectivity index (χ3n) is 1.22. The number of hydrogen-bond acceptors (Lipinski definition) is 3. The summed E-state index contributed by atoms with van der Waals surface area (Å²) < 4.78 is 17.4. The van der Waals surface area contributed by atoms with E-state index >= 15 is 0 Å². The van der Waals surface area contributed by atoms with Gasteiger partial charge >= 0.3 is 0 Å². The minimum atomic E-state index is -0.253. The Bertz CT molecular complexity index is 290. The van der Waals surface area contributed by atoms with Crippen LogP contribution in [0.15, 0.2) is 18.4 Å². The fraction of sp³-hybridized carbons (Fsp3) is 0.286. The molecule has 0 bridgehead atoms. The molecule has 0 spiro atoms. The highest BCUT2D eigenvalue weighted by molar-refractivity contribution is 5.34. The Morgan fingerprint density at radius 3 is 2.64 bits per heavy atom. The summed E-state index contributed by atoms with van der Waals surface area (Å²) in [5, 5.41) is 10.9. The molecule has 1 rings (SSSR count). The maximum Gasteiger partial charge on any atom is 0.227 e. The van der Waals surface area contributed by atoms with Gasteiger partial charge in [0.2, 0.25) is 11.9 Å². The van der Waals surface area contributed by atoms with Gasteiger partial charge in [0, 0.05) is 6.07 Å². The van der Waals surface area contributed by atoms with E-state index in [1.165, 1.54) is 26.5 Å². The summed E-state index contributed by atoms with van der Waals surface area (Å²) >= 11 is 0. The summed E-state index contributed by atoms with van der Waals surface area (Å²) in [6.07, 6.45) is 0.945. The topological polar surface area (TPSA) is 45.4 Å². The number of methoxy groups -OCH3 is 2. The van der Waals surface area contributed by atoms with Crippen LogP contribution in [0, 0.1) is 5.21 Å². The van der Waals surface area contributed by atoms with Gasteiger partial charge in [-0.3, -0.25) is 0 Å². The molecule has 4 nitrogen and oxygen atoms in total. The van der Waals surface area contributed by atoms with Crippen molar-refractivity contribution in [3.63, 3.8) is 0 Å². The molecule has 0 unspecified atom stereocenters. The third-order valence-corrected chi connectivity index (χ3v) is 1.22. The molecule has 0 aliphatic carbocycles. The summed E-state index contributed by atoms with van der Waals surface area (Å²) in [7, 11) is 2.84. The Balaban J connectivity index is 3.25. The van der Waals surface area contributed by atoms with Gasteiger partial charge in [0.25, 0.3) is 0 Å². The van der Waals surface area contributed by atoms with Gasteiger partial charge in [-0.05, 0) is 0 Å². The minimum Gasteiger partial charge on any atom is -0.619 e. The predicted octanol–water partition coefficient (Wildman–Crippen LogP) is 0.337. The second-order valence-corrected chi connectivity index (χ2v) is 1.85. The molecule has 0 amide bonds. The molecule has 0 aliphatic rings. The van der Waals surface area contributed by atoms with Gasteiger partial charge in [0.1, 0.15) is 1.37 Å². The van der Waals surface area contributed by atoms with Crippen molar-refractivity contribution in [3.8, 4) is 11.5 Å². The van der Waals surface area contributed by atoms with Crippen LogP contribution in [0.2, 0.25) is 0 Å². The molecule has 0 aliphatic heterocycles. The molecule has 0 fully saturated rings. The second-order valence-electron chi connectivity index (χ2n) is 1.85. The lowest BCUT2D eigenvalue weighted by atomic mass is 10.4. The summed E-state index contributed by atoms with van der Waals surface area (Å²) in [4.78, 5) is 0. The molecular formula is C7H9NO3. The first kappa shape index (κ1) is 6.27. The SMILES string of the molecule is [2H]c1c(OC)c(OC)cc[n+]1[O-]. The number of hydrogen-bond donors (Lipinski definition) is 0. The van der Waals surface area contributed by atoms with Gasteiger partial charge < -0.3 is 14.7 Å². The number of rotatable bonds is 2. The quantitative estimate of drug-likeness (QED) is 0.458. The average molecular weight is 156 g/mol. The van der Waals surface area contributed by atoms with E-state index in [4.69, 9.17) is 10.8 Å². The van der Waals surface area contributed by atoms with Crippen molar-refractivity contribution in [2.45, 2.75) is 0 Å². The first-order chi connectivity index (χ1) is 5.70. The molecule has 11 heavy (non-hydrogen) atoms. The smallest absolute Gasteiger partial charge is 0.227 e. The van der Waals surface area contributed by atoms with Crippen LogP contribution in [-0.2, 0) is 0 Å². The van der Waals surface area contributed by atoms with Crippen molar-refractivity contribution in [1.82, 2.24) is 0 Å². The van der Waals surface area contributed by atoms with Crippen LogP contribution in [0.25, 0.3) is 0 Å². The predicted molar refractivity (Wildman–Crippen MR) is 38.5 cm³/mol. The van der Waals surface area contributed by atoms with Gasteiger partial charge in [-0.1, -0.05) is 0 Å². The second kappa shape index (κ2) is 3.09. The van der Waals surface area contributed by atoms with Crippen LogP contribution < -0.4 is 14.2 Å². The van der Waals surface area contributed by atoms with E-state index in [2.05, 4.69) is 0 Å². The van der Waals surface area contributed by atoms with E-state index < -0.39 is 0 Å². The molecule has 0 N–H and O–H groups in total. The van der Waals surface area contributed by atoms with Gasteiger partial charge in [0.15, 0.2) is 11.9 Å². The molecule has 0 atom stereocenters. The largest absolute Gasteiger partial charge is 0.619 e. The van der Waals surface area contributed by atoms with Crippen LogP contribution in [-0.4, -0.2) is 14.2 Å². The minimum absolute atomic E-state index is 0.148. The zero-order valence-electron chi connectivity index (χ0n) is 7.33. The molecule has 0 radical (unpaired) electrons. The van der Waals surface area contributed by atoms with Crippen LogP contribution >= 0.6 is 0 Å². The van der Waals surface area contributed by atoms with Crippen LogP contribution in [0.3, 0.4) is 0 Å². The zero-order chi connectivity index (χ0) is 9.14. The normalized spacial score (nSPS) is 10.5. The summed E-state index contributed by atoms with van der Waals surface area (Å²) in [5.41, 5.74) is 0. The van der Waals surface area contributed by atoms with Gasteiger partial charge in [-0.15, -0.1) is 0 Å². The Kier molecular flexibility index (Phi) is 1.76. The third kappa shape index (κ3) is 1.52. The van der Waals surface area contributed by atoms with E-state index in [0.29, 0.717) is 10.5 Å². The maximum atomic E-state index is 10.9. The highest BCUT2D eigenvalue weighted by Crippen LogP contribution is 2.22. The molecule has 4 heteroatoms. The molecule has 1 aromatic rings. The van der Waals surface area contributed by atoms with E-state index in [1.54, 1.807) is 0 Å². The van der Waals surface area contributed by atoms with Crippen molar-refractivity contribution < 1.29 is 15.6 Å². The van der Waals surface area contributed by atoms with E-state index in [1.807, 2.05) is 0 Å². The molecule has 0 saturated carbocycles.